The zero-order valence-corrected chi connectivity index (χ0v) is 16.8. The van der Waals surface area contributed by atoms with Gasteiger partial charge in [0, 0.05) is 13.6 Å². The van der Waals surface area contributed by atoms with Gasteiger partial charge in [-0.05, 0) is 50.8 Å². The molecule has 1 aliphatic heterocycles. The van der Waals surface area contributed by atoms with Gasteiger partial charge < -0.3 is 19.5 Å². The van der Waals surface area contributed by atoms with Crippen molar-refractivity contribution in [2.24, 2.45) is 0 Å². The minimum atomic E-state index is -1.18. The number of hydrogen-bond acceptors (Lipinski definition) is 4. The fourth-order valence-electron chi connectivity index (χ4n) is 3.60. The van der Waals surface area contributed by atoms with E-state index in [4.69, 9.17) is 9.47 Å². The number of benzene rings is 1. The monoisotopic (exact) mass is 364 g/mol. The van der Waals surface area contributed by atoms with Crippen molar-refractivity contribution < 1.29 is 19.4 Å². The maximum Gasteiger partial charge on any atom is 0.322 e. The molecule has 1 atom stereocenters. The number of carbonyl (C=O) groups excluding carboxylic acids is 1. The highest BCUT2D eigenvalue weighted by Gasteiger charge is 2.59. The average molecular weight is 364 g/mol. The Kier molecular flexibility index (Phi) is 6.06. The smallest absolute Gasteiger partial charge is 0.322 e. The predicted octanol–water partition coefficient (Wildman–Crippen LogP) is 3.27. The van der Waals surface area contributed by atoms with Crippen LogP contribution in [-0.4, -0.2) is 60.0 Å². The summed E-state index contributed by atoms with van der Waals surface area (Å²) < 4.78 is 10.6. The number of ether oxygens (including phenoxy) is 2. The highest BCUT2D eigenvalue weighted by Crippen LogP contribution is 2.42. The second-order valence-electron chi connectivity index (χ2n) is 7.41. The van der Waals surface area contributed by atoms with Crippen LogP contribution in [0.25, 0.3) is 0 Å². The molecule has 0 spiro atoms. The van der Waals surface area contributed by atoms with E-state index in [1.165, 1.54) is 0 Å². The van der Waals surface area contributed by atoms with Gasteiger partial charge in [0.2, 0.25) is 0 Å². The molecule has 1 heterocycles. The third kappa shape index (κ3) is 3.34. The SMILES string of the molecule is CCCCC1(O)N(CCc2ccc(OC)c(OC)c2)C(=O)N(C)C1(C)C. The number of aliphatic hydroxyl groups is 1. The van der Waals surface area contributed by atoms with E-state index >= 15 is 0 Å². The van der Waals surface area contributed by atoms with Crippen LogP contribution in [0.2, 0.25) is 0 Å². The highest BCUT2D eigenvalue weighted by atomic mass is 16.5. The van der Waals surface area contributed by atoms with E-state index < -0.39 is 11.3 Å². The molecule has 1 N–H and O–H groups in total. The lowest BCUT2D eigenvalue weighted by molar-refractivity contribution is -0.123. The van der Waals surface area contributed by atoms with E-state index in [9.17, 15) is 9.90 Å². The molecule has 1 fully saturated rings. The van der Waals surface area contributed by atoms with E-state index in [-0.39, 0.29) is 6.03 Å². The summed E-state index contributed by atoms with van der Waals surface area (Å²) in [5.74, 6) is 1.34. The van der Waals surface area contributed by atoms with Crippen molar-refractivity contribution in [3.05, 3.63) is 23.8 Å². The number of carbonyl (C=O) groups is 1. The van der Waals surface area contributed by atoms with Gasteiger partial charge in [0.05, 0.1) is 19.8 Å². The fourth-order valence-corrected chi connectivity index (χ4v) is 3.60. The molecule has 26 heavy (non-hydrogen) atoms. The van der Waals surface area contributed by atoms with Gasteiger partial charge in [-0.3, -0.25) is 4.90 Å². The predicted molar refractivity (Wildman–Crippen MR) is 102 cm³/mol. The number of hydrogen-bond donors (Lipinski definition) is 1. The Hall–Kier alpha value is -1.95. The molecule has 1 aromatic rings. The van der Waals surface area contributed by atoms with Gasteiger partial charge in [0.15, 0.2) is 17.2 Å². The van der Waals surface area contributed by atoms with Crippen LogP contribution < -0.4 is 9.47 Å². The lowest BCUT2D eigenvalue weighted by Gasteiger charge is -2.42. The zero-order chi connectivity index (χ0) is 19.5. The van der Waals surface area contributed by atoms with Crippen molar-refractivity contribution in [3.63, 3.8) is 0 Å². The summed E-state index contributed by atoms with van der Waals surface area (Å²) in [4.78, 5) is 16.1. The lowest BCUT2D eigenvalue weighted by atomic mass is 9.86. The number of unbranched alkanes of at least 4 members (excludes halogenated alkanes) is 1. The van der Waals surface area contributed by atoms with Gasteiger partial charge in [-0.25, -0.2) is 4.79 Å². The Balaban J connectivity index is 2.22. The van der Waals surface area contributed by atoms with Crippen LogP contribution in [0.1, 0.15) is 45.6 Å². The molecule has 1 aliphatic rings. The number of methoxy groups -OCH3 is 2. The summed E-state index contributed by atoms with van der Waals surface area (Å²) >= 11 is 0. The van der Waals surface area contributed by atoms with Crippen LogP contribution in [0.15, 0.2) is 18.2 Å². The van der Waals surface area contributed by atoms with E-state index in [1.807, 2.05) is 32.0 Å². The van der Waals surface area contributed by atoms with Crippen LogP contribution in [-0.2, 0) is 6.42 Å². The number of urea groups is 1. The number of amides is 2. The molecular formula is C20H32N2O4. The van der Waals surface area contributed by atoms with Crippen LogP contribution >= 0.6 is 0 Å². The average Bonchev–Trinajstić information content (AvgIpc) is 2.76. The summed E-state index contributed by atoms with van der Waals surface area (Å²) in [7, 11) is 4.97. The van der Waals surface area contributed by atoms with Crippen molar-refractivity contribution in [2.45, 2.75) is 57.7 Å². The molecule has 0 radical (unpaired) electrons. The third-order valence-electron chi connectivity index (χ3n) is 5.73. The van der Waals surface area contributed by atoms with Crippen LogP contribution in [0.5, 0.6) is 11.5 Å². The molecule has 6 nitrogen and oxygen atoms in total. The molecule has 2 amide bonds. The summed E-state index contributed by atoms with van der Waals surface area (Å²) in [6.07, 6.45) is 3.04. The first-order chi connectivity index (χ1) is 12.2. The van der Waals surface area contributed by atoms with Crippen molar-refractivity contribution in [2.75, 3.05) is 27.8 Å². The van der Waals surface area contributed by atoms with Crippen LogP contribution in [0, 0.1) is 0 Å². The molecule has 1 aromatic carbocycles. The molecule has 2 rings (SSSR count). The zero-order valence-electron chi connectivity index (χ0n) is 16.8. The molecule has 146 valence electrons. The van der Waals surface area contributed by atoms with Crippen LogP contribution in [0.3, 0.4) is 0 Å². The number of nitrogens with zero attached hydrogens (tertiary/aromatic N) is 2. The molecular weight excluding hydrogens is 332 g/mol. The van der Waals surface area contributed by atoms with Gasteiger partial charge >= 0.3 is 6.03 Å². The van der Waals surface area contributed by atoms with E-state index in [0.29, 0.717) is 30.9 Å². The first-order valence-corrected chi connectivity index (χ1v) is 9.21. The summed E-state index contributed by atoms with van der Waals surface area (Å²) in [6, 6.07) is 5.61. The van der Waals surface area contributed by atoms with Gasteiger partial charge in [0.1, 0.15) is 0 Å². The topological polar surface area (TPSA) is 62.2 Å². The van der Waals surface area contributed by atoms with Gasteiger partial charge in [-0.1, -0.05) is 19.4 Å². The Morgan fingerprint density at radius 2 is 1.81 bits per heavy atom. The molecule has 6 heteroatoms. The molecule has 0 saturated carbocycles. The molecule has 0 bridgehead atoms. The highest BCUT2D eigenvalue weighted by molar-refractivity contribution is 5.79. The molecule has 0 aromatic heterocycles. The minimum absolute atomic E-state index is 0.130. The van der Waals surface area contributed by atoms with Crippen LogP contribution in [0.4, 0.5) is 4.79 Å². The summed E-state index contributed by atoms with van der Waals surface area (Å²) in [6.45, 7) is 6.39. The standard InChI is InChI=1S/C20H32N2O4/c1-7-8-12-20(24)19(2,3)21(4)18(23)22(20)13-11-15-9-10-16(25-5)17(14-15)26-6/h9-10,14,24H,7-8,11-13H2,1-6H3. The fraction of sp³-hybridized carbons (Fsp3) is 0.650. The minimum Gasteiger partial charge on any atom is -0.493 e. The first-order valence-electron chi connectivity index (χ1n) is 9.21. The van der Waals surface area contributed by atoms with Gasteiger partial charge in [-0.2, -0.15) is 0 Å². The maximum atomic E-state index is 12.8. The van der Waals surface area contributed by atoms with Crippen molar-refractivity contribution in [3.8, 4) is 11.5 Å². The Bertz CT molecular complexity index is 647. The number of rotatable bonds is 8. The first kappa shape index (κ1) is 20.4. The Morgan fingerprint density at radius 1 is 1.15 bits per heavy atom. The van der Waals surface area contributed by atoms with E-state index in [0.717, 1.165) is 18.4 Å². The lowest BCUT2D eigenvalue weighted by Crippen LogP contribution is -2.58. The largest absolute Gasteiger partial charge is 0.493 e. The van der Waals surface area contributed by atoms with Gasteiger partial charge in [-0.15, -0.1) is 0 Å². The van der Waals surface area contributed by atoms with Crippen molar-refractivity contribution in [1.82, 2.24) is 9.80 Å². The summed E-state index contributed by atoms with van der Waals surface area (Å²) in [5, 5.41) is 11.4. The van der Waals surface area contributed by atoms with Crippen molar-refractivity contribution >= 4 is 6.03 Å². The Morgan fingerprint density at radius 3 is 2.38 bits per heavy atom. The maximum absolute atomic E-state index is 12.8. The van der Waals surface area contributed by atoms with Crippen molar-refractivity contribution in [1.29, 1.82) is 0 Å². The molecule has 1 unspecified atom stereocenters. The summed E-state index contributed by atoms with van der Waals surface area (Å²) in [5.41, 5.74) is -0.789. The second-order valence-corrected chi connectivity index (χ2v) is 7.41. The number of likely N-dealkylation sites (N-methyl/N-ethyl adjacent to an activating group) is 1. The quantitative estimate of drug-likeness (QED) is 0.769. The van der Waals surface area contributed by atoms with E-state index in [1.54, 1.807) is 31.1 Å². The Labute approximate surface area is 156 Å². The second kappa shape index (κ2) is 7.74. The molecule has 0 aliphatic carbocycles. The van der Waals surface area contributed by atoms with Gasteiger partial charge in [0.25, 0.3) is 0 Å². The molecule has 1 saturated heterocycles. The third-order valence-corrected chi connectivity index (χ3v) is 5.73. The van der Waals surface area contributed by atoms with E-state index in [2.05, 4.69) is 6.92 Å². The normalized spacial score (nSPS) is 22.0.